The van der Waals surface area contributed by atoms with E-state index in [0.717, 1.165) is 34.8 Å². The van der Waals surface area contributed by atoms with Gasteiger partial charge in [0.25, 0.3) is 5.91 Å². The van der Waals surface area contributed by atoms with Gasteiger partial charge in [-0.1, -0.05) is 23.4 Å². The third-order valence-electron chi connectivity index (χ3n) is 4.94. The van der Waals surface area contributed by atoms with Gasteiger partial charge in [-0.15, -0.1) is 11.3 Å². The summed E-state index contributed by atoms with van der Waals surface area (Å²) in [6, 6.07) is 7.71. The molecule has 0 saturated heterocycles. The summed E-state index contributed by atoms with van der Waals surface area (Å²) in [6.07, 6.45) is 1.96. The number of ether oxygens (including phenoxy) is 1. The first-order valence-corrected chi connectivity index (χ1v) is 10.8. The SMILES string of the molecule is CCn1cc(-c2csc(NC(=O)c3noc(C)c3COc3ccccc3C)n2)c(C)n1. The van der Waals surface area contributed by atoms with Crippen LogP contribution in [0.2, 0.25) is 0 Å². The summed E-state index contributed by atoms with van der Waals surface area (Å²) in [6.45, 7) is 8.67. The molecule has 0 radical (unpaired) electrons. The molecule has 160 valence electrons. The lowest BCUT2D eigenvalue weighted by atomic mass is 10.2. The van der Waals surface area contributed by atoms with Crippen molar-refractivity contribution < 1.29 is 14.1 Å². The van der Waals surface area contributed by atoms with Crippen LogP contribution >= 0.6 is 11.3 Å². The molecular formula is C22H23N5O3S. The van der Waals surface area contributed by atoms with Crippen LogP contribution in [0.4, 0.5) is 5.13 Å². The van der Waals surface area contributed by atoms with Crippen LogP contribution in [0.3, 0.4) is 0 Å². The van der Waals surface area contributed by atoms with Gasteiger partial charge in [-0.05, 0) is 39.3 Å². The van der Waals surface area contributed by atoms with E-state index in [-0.39, 0.29) is 18.2 Å². The monoisotopic (exact) mass is 437 g/mol. The quantitative estimate of drug-likeness (QED) is 0.447. The summed E-state index contributed by atoms with van der Waals surface area (Å²) >= 11 is 1.35. The molecule has 8 nitrogen and oxygen atoms in total. The van der Waals surface area contributed by atoms with E-state index in [9.17, 15) is 4.79 Å². The van der Waals surface area contributed by atoms with Gasteiger partial charge in [0.05, 0.1) is 17.0 Å². The number of nitrogens with zero attached hydrogens (tertiary/aromatic N) is 4. The maximum Gasteiger partial charge on any atom is 0.280 e. The van der Waals surface area contributed by atoms with Crippen molar-refractivity contribution in [1.82, 2.24) is 19.9 Å². The number of carbonyl (C=O) groups excluding carboxylic acids is 1. The number of nitrogens with one attached hydrogen (secondary N) is 1. The summed E-state index contributed by atoms with van der Waals surface area (Å²) in [4.78, 5) is 17.4. The van der Waals surface area contributed by atoms with Gasteiger partial charge in [0.2, 0.25) is 0 Å². The molecule has 0 aliphatic heterocycles. The second-order valence-corrected chi connectivity index (χ2v) is 7.95. The van der Waals surface area contributed by atoms with Crippen molar-refractivity contribution in [2.75, 3.05) is 5.32 Å². The van der Waals surface area contributed by atoms with Gasteiger partial charge >= 0.3 is 0 Å². The molecule has 4 rings (SSSR count). The number of rotatable bonds is 7. The normalized spacial score (nSPS) is 11.0. The first-order valence-electron chi connectivity index (χ1n) is 9.91. The van der Waals surface area contributed by atoms with Crippen LogP contribution in [0, 0.1) is 20.8 Å². The van der Waals surface area contributed by atoms with E-state index in [2.05, 4.69) is 20.6 Å². The first kappa shape index (κ1) is 20.8. The van der Waals surface area contributed by atoms with Gasteiger partial charge in [0.1, 0.15) is 18.1 Å². The first-order chi connectivity index (χ1) is 15.0. The molecule has 3 heterocycles. The minimum atomic E-state index is -0.387. The molecule has 4 aromatic rings. The Labute approximate surface area is 183 Å². The van der Waals surface area contributed by atoms with E-state index in [1.165, 1.54) is 11.3 Å². The Morgan fingerprint density at radius 2 is 2.06 bits per heavy atom. The van der Waals surface area contributed by atoms with E-state index in [0.29, 0.717) is 16.5 Å². The predicted molar refractivity (Wildman–Crippen MR) is 118 cm³/mol. The number of hydrogen-bond acceptors (Lipinski definition) is 7. The fraction of sp³-hybridized carbons (Fsp3) is 0.273. The Hall–Kier alpha value is -3.46. The molecule has 9 heteroatoms. The summed E-state index contributed by atoms with van der Waals surface area (Å²) in [7, 11) is 0. The molecule has 0 aliphatic rings. The smallest absolute Gasteiger partial charge is 0.280 e. The lowest BCUT2D eigenvalue weighted by Crippen LogP contribution is -2.15. The minimum absolute atomic E-state index is 0.182. The lowest BCUT2D eigenvalue weighted by molar-refractivity contribution is 0.101. The molecule has 0 spiro atoms. The molecule has 1 amide bonds. The average Bonchev–Trinajstić information content (AvgIpc) is 3.46. The van der Waals surface area contributed by atoms with Crippen molar-refractivity contribution in [2.45, 2.75) is 40.8 Å². The highest BCUT2D eigenvalue weighted by molar-refractivity contribution is 7.14. The molecule has 0 saturated carbocycles. The highest BCUT2D eigenvalue weighted by Gasteiger charge is 2.22. The summed E-state index contributed by atoms with van der Waals surface area (Å²) < 4.78 is 13.0. The Balaban J connectivity index is 1.49. The van der Waals surface area contributed by atoms with Gasteiger partial charge < -0.3 is 9.26 Å². The number of para-hydroxylation sites is 1. The standard InChI is InChI=1S/C22H23N5O3S/c1-5-27-10-16(14(3)25-27)18-12-31-22(23-18)24-21(28)20-17(15(4)30-26-20)11-29-19-9-7-6-8-13(19)2/h6-10,12H,5,11H2,1-4H3,(H,23,24,28). The van der Waals surface area contributed by atoms with Crippen LogP contribution < -0.4 is 10.1 Å². The van der Waals surface area contributed by atoms with E-state index in [4.69, 9.17) is 9.26 Å². The Kier molecular flexibility index (Phi) is 5.85. The number of aromatic nitrogens is 4. The molecule has 31 heavy (non-hydrogen) atoms. The number of thiazole rings is 1. The maximum atomic E-state index is 12.9. The van der Waals surface area contributed by atoms with Gasteiger partial charge in [0.15, 0.2) is 10.8 Å². The van der Waals surface area contributed by atoms with Gasteiger partial charge in [-0.3, -0.25) is 14.8 Å². The highest BCUT2D eigenvalue weighted by Crippen LogP contribution is 2.28. The Morgan fingerprint density at radius 1 is 1.26 bits per heavy atom. The van der Waals surface area contributed by atoms with E-state index in [1.807, 2.05) is 61.3 Å². The zero-order chi connectivity index (χ0) is 22.0. The molecule has 1 N–H and O–H groups in total. The van der Waals surface area contributed by atoms with Gasteiger partial charge in [-0.25, -0.2) is 4.98 Å². The topological polar surface area (TPSA) is 95.1 Å². The van der Waals surface area contributed by atoms with Gasteiger partial charge in [0, 0.05) is 23.7 Å². The van der Waals surface area contributed by atoms with Crippen molar-refractivity contribution in [2.24, 2.45) is 0 Å². The van der Waals surface area contributed by atoms with Crippen molar-refractivity contribution >= 4 is 22.4 Å². The van der Waals surface area contributed by atoms with E-state index < -0.39 is 0 Å². The molecule has 0 atom stereocenters. The molecule has 0 fully saturated rings. The fourth-order valence-electron chi connectivity index (χ4n) is 3.15. The Bertz CT molecular complexity index is 1220. The molecule has 0 aliphatic carbocycles. The second kappa shape index (κ2) is 8.73. The third-order valence-corrected chi connectivity index (χ3v) is 5.69. The number of hydrogen-bond donors (Lipinski definition) is 1. The predicted octanol–water partition coefficient (Wildman–Crippen LogP) is 4.77. The number of aryl methyl sites for hydroxylation is 4. The van der Waals surface area contributed by atoms with Gasteiger partial charge in [-0.2, -0.15) is 5.10 Å². The zero-order valence-electron chi connectivity index (χ0n) is 17.8. The van der Waals surface area contributed by atoms with Crippen molar-refractivity contribution in [3.05, 3.63) is 64.1 Å². The maximum absolute atomic E-state index is 12.9. The molecular weight excluding hydrogens is 414 g/mol. The Morgan fingerprint density at radius 3 is 2.81 bits per heavy atom. The minimum Gasteiger partial charge on any atom is -0.488 e. The van der Waals surface area contributed by atoms with Crippen LogP contribution in [0.25, 0.3) is 11.3 Å². The number of anilines is 1. The number of carbonyl (C=O) groups is 1. The lowest BCUT2D eigenvalue weighted by Gasteiger charge is -2.08. The third kappa shape index (κ3) is 4.36. The molecule has 1 aromatic carbocycles. The van der Waals surface area contributed by atoms with Crippen molar-refractivity contribution in [1.29, 1.82) is 0 Å². The van der Waals surface area contributed by atoms with E-state index >= 15 is 0 Å². The van der Waals surface area contributed by atoms with Crippen LogP contribution in [-0.4, -0.2) is 25.8 Å². The van der Waals surface area contributed by atoms with Crippen LogP contribution in [0.1, 0.15) is 40.0 Å². The largest absolute Gasteiger partial charge is 0.488 e. The fourth-order valence-corrected chi connectivity index (χ4v) is 3.86. The second-order valence-electron chi connectivity index (χ2n) is 7.10. The van der Waals surface area contributed by atoms with Crippen LogP contribution in [0.15, 0.2) is 40.4 Å². The highest BCUT2D eigenvalue weighted by atomic mass is 32.1. The average molecular weight is 438 g/mol. The van der Waals surface area contributed by atoms with E-state index in [1.54, 1.807) is 6.92 Å². The zero-order valence-corrected chi connectivity index (χ0v) is 18.6. The number of amides is 1. The number of benzene rings is 1. The van der Waals surface area contributed by atoms with Crippen LogP contribution in [0.5, 0.6) is 5.75 Å². The van der Waals surface area contributed by atoms with Crippen molar-refractivity contribution in [3.63, 3.8) is 0 Å². The summed E-state index contributed by atoms with van der Waals surface area (Å²) in [5, 5.41) is 13.6. The molecule has 3 aromatic heterocycles. The molecule has 0 bridgehead atoms. The summed E-state index contributed by atoms with van der Waals surface area (Å²) in [5.41, 5.74) is 4.43. The summed E-state index contributed by atoms with van der Waals surface area (Å²) in [5.74, 6) is 0.908. The van der Waals surface area contributed by atoms with Crippen molar-refractivity contribution in [3.8, 4) is 17.0 Å². The molecule has 0 unspecified atom stereocenters. The van der Waals surface area contributed by atoms with Crippen LogP contribution in [-0.2, 0) is 13.2 Å².